The topological polar surface area (TPSA) is 29.1 Å². The number of hydrogen-bond donors (Lipinski definition) is 1. The lowest BCUT2D eigenvalue weighted by Gasteiger charge is -2.28. The van der Waals surface area contributed by atoms with Crippen LogP contribution >= 0.6 is 23.4 Å². The van der Waals surface area contributed by atoms with Crippen LogP contribution in [0.1, 0.15) is 43.4 Å². The summed E-state index contributed by atoms with van der Waals surface area (Å²) in [7, 11) is 0. The van der Waals surface area contributed by atoms with Crippen molar-refractivity contribution in [2.45, 2.75) is 48.8 Å². The number of nitrogens with one attached hydrogen (secondary N) is 1. The van der Waals surface area contributed by atoms with E-state index in [1.165, 1.54) is 11.1 Å². The summed E-state index contributed by atoms with van der Waals surface area (Å²) in [4.78, 5) is 13.8. The van der Waals surface area contributed by atoms with E-state index in [9.17, 15) is 4.79 Å². The highest BCUT2D eigenvalue weighted by atomic mass is 35.5. The molecule has 0 heterocycles. The van der Waals surface area contributed by atoms with Crippen molar-refractivity contribution in [2.24, 2.45) is 0 Å². The molecular weight excluding hydrogens is 338 g/mol. The third kappa shape index (κ3) is 4.14. The van der Waals surface area contributed by atoms with E-state index >= 15 is 0 Å². The molecule has 0 fully saturated rings. The Morgan fingerprint density at radius 2 is 2.00 bits per heavy atom. The van der Waals surface area contributed by atoms with Crippen LogP contribution in [0.5, 0.6) is 0 Å². The normalized spacial score (nSPS) is 17.8. The number of thioether (sulfide) groups is 1. The number of hydrogen-bond acceptors (Lipinski definition) is 2. The third-order valence-corrected chi connectivity index (χ3v) is 6.07. The van der Waals surface area contributed by atoms with Crippen LogP contribution < -0.4 is 5.32 Å². The van der Waals surface area contributed by atoms with E-state index in [0.29, 0.717) is 0 Å². The molecule has 1 aliphatic rings. The molecule has 1 N–H and O–H groups in total. The Bertz CT molecular complexity index is 701. The molecule has 2 aromatic carbocycles. The number of fused-ring (bicyclic) bond motifs is 1. The largest absolute Gasteiger partial charge is 0.348 e. The van der Waals surface area contributed by atoms with Gasteiger partial charge in [0.1, 0.15) is 0 Å². The molecule has 2 atom stereocenters. The van der Waals surface area contributed by atoms with Crippen molar-refractivity contribution in [3.63, 3.8) is 0 Å². The van der Waals surface area contributed by atoms with Gasteiger partial charge < -0.3 is 5.32 Å². The summed E-state index contributed by atoms with van der Waals surface area (Å²) < 4.78 is 0. The number of rotatable bonds is 5. The average Bonchev–Trinajstić information content (AvgIpc) is 2.61. The van der Waals surface area contributed by atoms with Crippen LogP contribution in [0.15, 0.2) is 53.4 Å². The van der Waals surface area contributed by atoms with Gasteiger partial charge in [0.25, 0.3) is 0 Å². The van der Waals surface area contributed by atoms with Crippen molar-refractivity contribution in [2.75, 3.05) is 0 Å². The average molecular weight is 360 g/mol. The van der Waals surface area contributed by atoms with Crippen LogP contribution in [0, 0.1) is 0 Å². The predicted molar refractivity (Wildman–Crippen MR) is 102 cm³/mol. The molecular formula is C20H22ClNOS. The Balaban J connectivity index is 1.68. The fourth-order valence-electron chi connectivity index (χ4n) is 3.17. The van der Waals surface area contributed by atoms with Crippen molar-refractivity contribution >= 4 is 29.3 Å². The van der Waals surface area contributed by atoms with E-state index in [1.54, 1.807) is 11.8 Å². The number of amides is 1. The molecule has 0 saturated carbocycles. The van der Waals surface area contributed by atoms with Gasteiger partial charge in [0, 0.05) is 9.92 Å². The van der Waals surface area contributed by atoms with Gasteiger partial charge in [0.15, 0.2) is 0 Å². The Labute approximate surface area is 153 Å². The lowest BCUT2D eigenvalue weighted by molar-refractivity contribution is -0.121. The van der Waals surface area contributed by atoms with E-state index in [2.05, 4.69) is 36.5 Å². The van der Waals surface area contributed by atoms with E-state index in [1.807, 2.05) is 24.3 Å². The van der Waals surface area contributed by atoms with Gasteiger partial charge in [-0.2, -0.15) is 0 Å². The molecule has 4 heteroatoms. The van der Waals surface area contributed by atoms with Crippen LogP contribution in [0.4, 0.5) is 0 Å². The van der Waals surface area contributed by atoms with E-state index < -0.39 is 0 Å². The molecule has 126 valence electrons. The fraction of sp³-hybridized carbons (Fsp3) is 0.350. The first-order chi connectivity index (χ1) is 11.7. The zero-order valence-corrected chi connectivity index (χ0v) is 15.4. The molecule has 2 aromatic rings. The SMILES string of the molecule is CC[C@@H](Sc1ccc(Cl)cc1)C(=O)N[C@H]1CCCc2ccccc21. The summed E-state index contributed by atoms with van der Waals surface area (Å²) in [6, 6.07) is 16.3. The van der Waals surface area contributed by atoms with Crippen LogP contribution in [-0.4, -0.2) is 11.2 Å². The number of benzene rings is 2. The Hall–Kier alpha value is -1.45. The maximum absolute atomic E-state index is 12.8. The summed E-state index contributed by atoms with van der Waals surface area (Å²) in [6.07, 6.45) is 4.06. The Morgan fingerprint density at radius 3 is 2.75 bits per heavy atom. The van der Waals surface area contributed by atoms with E-state index in [0.717, 1.165) is 35.6 Å². The molecule has 0 aliphatic heterocycles. The Morgan fingerprint density at radius 1 is 1.25 bits per heavy atom. The van der Waals surface area contributed by atoms with Crippen molar-refractivity contribution in [1.82, 2.24) is 5.32 Å². The molecule has 0 spiro atoms. The van der Waals surface area contributed by atoms with Crippen LogP contribution in [0.25, 0.3) is 0 Å². The fourth-order valence-corrected chi connectivity index (χ4v) is 4.26. The lowest BCUT2D eigenvalue weighted by Crippen LogP contribution is -2.36. The second-order valence-corrected chi connectivity index (χ2v) is 7.83. The molecule has 0 bridgehead atoms. The predicted octanol–water partition coefficient (Wildman–Crippen LogP) is 5.40. The molecule has 1 amide bonds. The summed E-state index contributed by atoms with van der Waals surface area (Å²) >= 11 is 7.54. The Kier molecular flexibility index (Phi) is 5.85. The maximum Gasteiger partial charge on any atom is 0.233 e. The highest BCUT2D eigenvalue weighted by molar-refractivity contribution is 8.00. The summed E-state index contributed by atoms with van der Waals surface area (Å²) in [5.74, 6) is 0.124. The highest BCUT2D eigenvalue weighted by Gasteiger charge is 2.25. The van der Waals surface area contributed by atoms with Gasteiger partial charge in [0.05, 0.1) is 11.3 Å². The van der Waals surface area contributed by atoms with Crippen LogP contribution in [-0.2, 0) is 11.2 Å². The summed E-state index contributed by atoms with van der Waals surface area (Å²) in [5, 5.41) is 3.91. The zero-order chi connectivity index (χ0) is 16.9. The van der Waals surface area contributed by atoms with Gasteiger partial charge in [-0.05, 0) is 61.1 Å². The minimum atomic E-state index is -0.0831. The van der Waals surface area contributed by atoms with Crippen molar-refractivity contribution in [1.29, 1.82) is 0 Å². The first-order valence-corrected chi connectivity index (χ1v) is 9.73. The minimum Gasteiger partial charge on any atom is -0.348 e. The van der Waals surface area contributed by atoms with Crippen LogP contribution in [0.3, 0.4) is 0 Å². The zero-order valence-electron chi connectivity index (χ0n) is 13.8. The molecule has 3 rings (SSSR count). The van der Waals surface area contributed by atoms with Crippen LogP contribution in [0.2, 0.25) is 5.02 Å². The molecule has 0 aromatic heterocycles. The monoisotopic (exact) mass is 359 g/mol. The molecule has 0 unspecified atom stereocenters. The molecule has 0 radical (unpaired) electrons. The van der Waals surface area contributed by atoms with Crippen molar-refractivity contribution in [3.8, 4) is 0 Å². The maximum atomic E-state index is 12.8. The highest BCUT2D eigenvalue weighted by Crippen LogP contribution is 2.31. The molecule has 24 heavy (non-hydrogen) atoms. The molecule has 2 nitrogen and oxygen atoms in total. The first kappa shape index (κ1) is 17.4. The van der Waals surface area contributed by atoms with E-state index in [4.69, 9.17) is 11.6 Å². The van der Waals surface area contributed by atoms with Gasteiger partial charge >= 0.3 is 0 Å². The van der Waals surface area contributed by atoms with E-state index in [-0.39, 0.29) is 17.2 Å². The number of carbonyl (C=O) groups is 1. The number of carbonyl (C=O) groups excluding carboxylic acids is 1. The second kappa shape index (κ2) is 8.09. The standard InChI is InChI=1S/C20H22ClNOS/c1-2-19(24-16-12-10-15(21)11-13-16)20(23)22-18-9-5-7-14-6-3-4-8-17(14)18/h3-4,6,8,10-13,18-19H,2,5,7,9H2,1H3,(H,22,23)/t18-,19+/m0/s1. The van der Waals surface area contributed by atoms with Gasteiger partial charge in [-0.1, -0.05) is 42.8 Å². The molecule has 0 saturated heterocycles. The first-order valence-electron chi connectivity index (χ1n) is 8.47. The summed E-state index contributed by atoms with van der Waals surface area (Å²) in [5.41, 5.74) is 2.65. The van der Waals surface area contributed by atoms with Gasteiger partial charge in [-0.25, -0.2) is 0 Å². The minimum absolute atomic E-state index is 0.0831. The van der Waals surface area contributed by atoms with Gasteiger partial charge in [-0.15, -0.1) is 11.8 Å². The third-order valence-electron chi connectivity index (χ3n) is 4.44. The van der Waals surface area contributed by atoms with Crippen molar-refractivity contribution < 1.29 is 4.79 Å². The van der Waals surface area contributed by atoms with Gasteiger partial charge in [-0.3, -0.25) is 4.79 Å². The summed E-state index contributed by atoms with van der Waals surface area (Å²) in [6.45, 7) is 2.06. The smallest absolute Gasteiger partial charge is 0.233 e. The lowest BCUT2D eigenvalue weighted by atomic mass is 9.87. The second-order valence-electron chi connectivity index (χ2n) is 6.12. The van der Waals surface area contributed by atoms with Crippen molar-refractivity contribution in [3.05, 3.63) is 64.7 Å². The number of aryl methyl sites for hydroxylation is 1. The molecule has 1 aliphatic carbocycles. The van der Waals surface area contributed by atoms with Gasteiger partial charge in [0.2, 0.25) is 5.91 Å². The number of halogens is 1. The quantitative estimate of drug-likeness (QED) is 0.723.